The van der Waals surface area contributed by atoms with Gasteiger partial charge >= 0.3 is 0 Å². The molecule has 0 aliphatic heterocycles. The van der Waals surface area contributed by atoms with E-state index in [0.717, 1.165) is 9.74 Å². The lowest BCUT2D eigenvalue weighted by Gasteiger charge is -2.26. The van der Waals surface area contributed by atoms with Crippen molar-refractivity contribution < 1.29 is 0 Å². The molecule has 1 saturated carbocycles. The van der Waals surface area contributed by atoms with Crippen molar-refractivity contribution in [2.24, 2.45) is 0 Å². The molecule has 10 heavy (non-hydrogen) atoms. The molecule has 0 bridgehead atoms. The Hall–Kier alpha value is -0.0600. The fourth-order valence-corrected chi connectivity index (χ4v) is 1.64. The van der Waals surface area contributed by atoms with E-state index in [0.29, 0.717) is 0 Å². The van der Waals surface area contributed by atoms with E-state index in [2.05, 4.69) is 38.3 Å². The molecule has 0 N–H and O–H groups in total. The molecule has 0 unspecified atom stereocenters. The highest BCUT2D eigenvalue weighted by Gasteiger charge is 2.18. The molecule has 0 radical (unpaired) electrons. The fourth-order valence-electron chi connectivity index (χ4n) is 1.20. The second-order valence-corrected chi connectivity index (χ2v) is 3.83. The molecule has 1 aliphatic rings. The van der Waals surface area contributed by atoms with Gasteiger partial charge in [0, 0.05) is 12.2 Å². The van der Waals surface area contributed by atoms with Crippen molar-refractivity contribution >= 4 is 22.6 Å². The predicted molar refractivity (Wildman–Crippen MR) is 47.8 cm³/mol. The number of halogens is 1. The van der Waals surface area contributed by atoms with E-state index in [1.54, 1.807) is 0 Å². The first-order valence-corrected chi connectivity index (χ1v) is 4.63. The Morgan fingerprint density at radius 3 is 2.80 bits per heavy atom. The second-order valence-electron chi connectivity index (χ2n) is 2.73. The standard InChI is InChI=1S/C7H9IN2/c8-7-4-10(5-9-7)6-2-1-3-6/h4-6H,1-3H2. The van der Waals surface area contributed by atoms with Crippen molar-refractivity contribution in [2.45, 2.75) is 25.3 Å². The van der Waals surface area contributed by atoms with Gasteiger partial charge in [-0.05, 0) is 41.9 Å². The molecule has 3 heteroatoms. The molecule has 0 amide bonds. The van der Waals surface area contributed by atoms with Crippen LogP contribution in [0.2, 0.25) is 0 Å². The maximum atomic E-state index is 4.17. The quantitative estimate of drug-likeness (QED) is 0.696. The summed E-state index contributed by atoms with van der Waals surface area (Å²) < 4.78 is 3.33. The largest absolute Gasteiger partial charge is 0.333 e. The molecule has 2 nitrogen and oxygen atoms in total. The predicted octanol–water partition coefficient (Wildman–Crippen LogP) is 2.21. The molecule has 0 aromatic carbocycles. The van der Waals surface area contributed by atoms with Crippen molar-refractivity contribution in [3.63, 3.8) is 0 Å². The van der Waals surface area contributed by atoms with E-state index < -0.39 is 0 Å². The number of hydrogen-bond acceptors (Lipinski definition) is 1. The lowest BCUT2D eigenvalue weighted by atomic mass is 9.93. The van der Waals surface area contributed by atoms with Crippen LogP contribution >= 0.6 is 22.6 Å². The van der Waals surface area contributed by atoms with Crippen molar-refractivity contribution in [1.82, 2.24) is 9.55 Å². The summed E-state index contributed by atoms with van der Waals surface area (Å²) in [6, 6.07) is 0.760. The van der Waals surface area contributed by atoms with Gasteiger partial charge in [-0.2, -0.15) is 0 Å². The van der Waals surface area contributed by atoms with Crippen LogP contribution in [0.25, 0.3) is 0 Å². The van der Waals surface area contributed by atoms with Crippen LogP contribution in [0.3, 0.4) is 0 Å². The third-order valence-corrected chi connectivity index (χ3v) is 2.62. The summed E-state index contributed by atoms with van der Waals surface area (Å²) in [6.07, 6.45) is 8.12. The van der Waals surface area contributed by atoms with Gasteiger partial charge < -0.3 is 4.57 Å². The first-order valence-electron chi connectivity index (χ1n) is 3.55. The maximum absolute atomic E-state index is 4.17. The van der Waals surface area contributed by atoms with Crippen LogP contribution in [0.1, 0.15) is 25.3 Å². The zero-order valence-electron chi connectivity index (χ0n) is 5.63. The first kappa shape index (κ1) is 6.64. The minimum Gasteiger partial charge on any atom is -0.333 e. The summed E-state index contributed by atoms with van der Waals surface area (Å²) in [5.74, 6) is 0. The third kappa shape index (κ3) is 1.07. The maximum Gasteiger partial charge on any atom is 0.119 e. The van der Waals surface area contributed by atoms with Crippen molar-refractivity contribution in [3.8, 4) is 0 Å². The molecular weight excluding hydrogens is 239 g/mol. The number of imidazole rings is 1. The minimum atomic E-state index is 0.760. The molecule has 0 spiro atoms. The molecular formula is C7H9IN2. The lowest BCUT2D eigenvalue weighted by Crippen LogP contribution is -2.14. The molecule has 0 saturated heterocycles. The van der Waals surface area contributed by atoms with E-state index in [9.17, 15) is 0 Å². The van der Waals surface area contributed by atoms with Gasteiger partial charge in [-0.25, -0.2) is 4.98 Å². The topological polar surface area (TPSA) is 17.8 Å². The molecule has 1 aromatic rings. The van der Waals surface area contributed by atoms with E-state index in [-0.39, 0.29) is 0 Å². The van der Waals surface area contributed by atoms with Crippen molar-refractivity contribution in [1.29, 1.82) is 0 Å². The lowest BCUT2D eigenvalue weighted by molar-refractivity contribution is 0.313. The number of nitrogens with zero attached hydrogens (tertiary/aromatic N) is 2. The Bertz CT molecular complexity index is 227. The smallest absolute Gasteiger partial charge is 0.119 e. The van der Waals surface area contributed by atoms with Crippen LogP contribution in [-0.4, -0.2) is 9.55 Å². The fraction of sp³-hybridized carbons (Fsp3) is 0.571. The Labute approximate surface area is 73.8 Å². The minimum absolute atomic E-state index is 0.760. The van der Waals surface area contributed by atoms with Gasteiger partial charge in [0.25, 0.3) is 0 Å². The van der Waals surface area contributed by atoms with Crippen LogP contribution in [0, 0.1) is 3.70 Å². The normalized spacial score (nSPS) is 18.9. The van der Waals surface area contributed by atoms with Crippen molar-refractivity contribution in [3.05, 3.63) is 16.2 Å². The molecule has 1 fully saturated rings. The summed E-state index contributed by atoms with van der Waals surface area (Å²) in [5.41, 5.74) is 0. The average molecular weight is 248 g/mol. The average Bonchev–Trinajstić information content (AvgIpc) is 2.10. The molecule has 1 aromatic heterocycles. The highest BCUT2D eigenvalue weighted by Crippen LogP contribution is 2.31. The third-order valence-electron chi connectivity index (χ3n) is 2.07. The summed E-state index contributed by atoms with van der Waals surface area (Å²) in [6.45, 7) is 0. The Morgan fingerprint density at radius 1 is 1.60 bits per heavy atom. The van der Waals surface area contributed by atoms with Crippen LogP contribution in [0.4, 0.5) is 0 Å². The second kappa shape index (κ2) is 2.53. The Kier molecular flexibility index (Phi) is 1.68. The van der Waals surface area contributed by atoms with Crippen LogP contribution in [-0.2, 0) is 0 Å². The van der Waals surface area contributed by atoms with Gasteiger partial charge in [0.2, 0.25) is 0 Å². The van der Waals surface area contributed by atoms with Crippen LogP contribution in [0.5, 0.6) is 0 Å². The van der Waals surface area contributed by atoms with E-state index in [4.69, 9.17) is 0 Å². The highest BCUT2D eigenvalue weighted by molar-refractivity contribution is 14.1. The van der Waals surface area contributed by atoms with Gasteiger partial charge in [-0.1, -0.05) is 0 Å². The van der Waals surface area contributed by atoms with Crippen LogP contribution in [0.15, 0.2) is 12.5 Å². The van der Waals surface area contributed by atoms with Gasteiger partial charge in [-0.3, -0.25) is 0 Å². The van der Waals surface area contributed by atoms with Crippen molar-refractivity contribution in [2.75, 3.05) is 0 Å². The summed E-state index contributed by atoms with van der Waals surface area (Å²) in [7, 11) is 0. The van der Waals surface area contributed by atoms with Gasteiger partial charge in [0.1, 0.15) is 3.70 Å². The first-order chi connectivity index (χ1) is 4.86. The van der Waals surface area contributed by atoms with Crippen LogP contribution < -0.4 is 0 Å². The van der Waals surface area contributed by atoms with E-state index in [1.165, 1.54) is 19.3 Å². The van der Waals surface area contributed by atoms with E-state index >= 15 is 0 Å². The SMILES string of the molecule is Ic1cn(C2CCC2)cn1. The molecule has 1 heterocycles. The number of rotatable bonds is 1. The summed E-state index contributed by atoms with van der Waals surface area (Å²) in [4.78, 5) is 4.17. The monoisotopic (exact) mass is 248 g/mol. The van der Waals surface area contributed by atoms with E-state index in [1.807, 2.05) is 6.33 Å². The molecule has 54 valence electrons. The van der Waals surface area contributed by atoms with Gasteiger partial charge in [0.05, 0.1) is 6.33 Å². The Balaban J connectivity index is 2.17. The Morgan fingerprint density at radius 2 is 2.40 bits per heavy atom. The number of aromatic nitrogens is 2. The van der Waals surface area contributed by atoms with Gasteiger partial charge in [-0.15, -0.1) is 0 Å². The molecule has 2 rings (SSSR count). The zero-order valence-corrected chi connectivity index (χ0v) is 7.78. The number of hydrogen-bond donors (Lipinski definition) is 0. The zero-order chi connectivity index (χ0) is 6.97. The summed E-state index contributed by atoms with van der Waals surface area (Å²) >= 11 is 2.24. The highest BCUT2D eigenvalue weighted by atomic mass is 127. The van der Waals surface area contributed by atoms with Gasteiger partial charge in [0.15, 0.2) is 0 Å². The molecule has 0 atom stereocenters. The molecule has 1 aliphatic carbocycles. The summed E-state index contributed by atoms with van der Waals surface area (Å²) in [5, 5.41) is 0.